The number of carbonyl (C=O) groups is 4. The maximum Gasteiger partial charge on any atom is 0.322 e. The van der Waals surface area contributed by atoms with E-state index in [2.05, 4.69) is 23.3 Å². The average Bonchev–Trinajstić information content (AvgIpc) is 2.41. The molecular weight excluding hydrogens is 350 g/mol. The van der Waals surface area contributed by atoms with E-state index < -0.39 is 47.1 Å². The van der Waals surface area contributed by atoms with Gasteiger partial charge in [0.1, 0.15) is 20.0 Å². The van der Waals surface area contributed by atoms with Gasteiger partial charge in [-0.3, -0.25) is 19.2 Å². The first-order chi connectivity index (χ1) is 10.5. The number of aliphatic carboxylic acids is 2. The van der Waals surface area contributed by atoms with Crippen molar-refractivity contribution in [1.29, 1.82) is 0 Å². The maximum atomic E-state index is 12.0. The standard InChI is InChI=1S/C12H21N3O6S.ClH/c1-12(2,22)9(10(19)14-5-8(17)18)15-7(16)4-3-6(13)11(20)21;/h6,9,22H,3-5,13H2,1-2H3,(H,14,19)(H,15,16)(H,17,18)(H,20,21);1H/t6-,9+;/m0./s1/i/hD. The highest BCUT2D eigenvalue weighted by Crippen LogP contribution is 2.18. The smallest absolute Gasteiger partial charge is 0.322 e. The zero-order valence-corrected chi connectivity index (χ0v) is 14.4. The van der Waals surface area contributed by atoms with Gasteiger partial charge in [0, 0.05) is 11.2 Å². The first-order valence-electron chi connectivity index (χ1n) is 6.90. The Bertz CT molecular complexity index is 474. The Morgan fingerprint density at radius 1 is 1.30 bits per heavy atom. The molecule has 0 aromatic carbocycles. The van der Waals surface area contributed by atoms with Crippen LogP contribution >= 0.6 is 25.0 Å². The lowest BCUT2D eigenvalue weighted by molar-refractivity contribution is -0.139. The lowest BCUT2D eigenvalue weighted by Gasteiger charge is -2.29. The summed E-state index contributed by atoms with van der Waals surface area (Å²) in [6, 6.07) is -2.31. The molecule has 0 heterocycles. The normalized spacial score (nSPS) is 13.8. The van der Waals surface area contributed by atoms with Gasteiger partial charge in [-0.1, -0.05) is 0 Å². The fraction of sp³-hybridized carbons (Fsp3) is 0.667. The van der Waals surface area contributed by atoms with Gasteiger partial charge in [-0.05, 0) is 20.3 Å². The number of hydrogen-bond donors (Lipinski definition) is 6. The molecule has 0 aliphatic heterocycles. The molecule has 9 nitrogen and oxygen atoms in total. The van der Waals surface area contributed by atoms with Crippen molar-refractivity contribution in [3.63, 3.8) is 0 Å². The molecule has 11 heteroatoms. The van der Waals surface area contributed by atoms with Crippen molar-refractivity contribution in [2.24, 2.45) is 5.73 Å². The Balaban J connectivity index is 0. The second-order valence-electron chi connectivity index (χ2n) is 5.20. The van der Waals surface area contributed by atoms with Crippen molar-refractivity contribution >= 4 is 48.8 Å². The fourth-order valence-electron chi connectivity index (χ4n) is 1.46. The molecule has 0 spiro atoms. The molecule has 134 valence electrons. The van der Waals surface area contributed by atoms with E-state index in [1.807, 2.05) is 0 Å². The van der Waals surface area contributed by atoms with Crippen molar-refractivity contribution in [3.8, 4) is 0 Å². The molecule has 0 rings (SSSR count). The monoisotopic (exact) mass is 372 g/mol. The molecule has 23 heavy (non-hydrogen) atoms. The van der Waals surface area contributed by atoms with Crippen LogP contribution < -0.4 is 16.4 Å². The molecule has 0 saturated carbocycles. The van der Waals surface area contributed by atoms with Gasteiger partial charge in [0.05, 0.1) is 0 Å². The second-order valence-corrected chi connectivity index (χ2v) is 6.35. The Kier molecular flexibility index (Phi) is 9.61. The Morgan fingerprint density at radius 2 is 1.87 bits per heavy atom. The summed E-state index contributed by atoms with van der Waals surface area (Å²) in [5.41, 5.74) is 1.81. The SMILES string of the molecule is Cl.[2H]N[C@@H](CCC(=O)N[C@H](C(=O)NCC(=O)O)C(C)(C)S)C(=O)O. The maximum absolute atomic E-state index is 12.0. The van der Waals surface area contributed by atoms with E-state index in [1.165, 1.54) is 0 Å². The van der Waals surface area contributed by atoms with Gasteiger partial charge >= 0.3 is 11.9 Å². The van der Waals surface area contributed by atoms with Crippen LogP contribution in [-0.4, -0.2) is 57.3 Å². The van der Waals surface area contributed by atoms with Gasteiger partial charge in [0.15, 0.2) is 0 Å². The number of carboxylic acids is 2. The zero-order valence-electron chi connectivity index (χ0n) is 13.7. The molecule has 0 aliphatic rings. The van der Waals surface area contributed by atoms with E-state index in [1.54, 1.807) is 19.6 Å². The van der Waals surface area contributed by atoms with Gasteiger partial charge in [0.2, 0.25) is 11.8 Å². The molecule has 2 amide bonds. The van der Waals surface area contributed by atoms with Crippen molar-refractivity contribution in [3.05, 3.63) is 0 Å². The third kappa shape index (κ3) is 9.97. The molecule has 0 saturated heterocycles. The number of carboxylic acid groups (broad SMARTS) is 2. The van der Waals surface area contributed by atoms with E-state index >= 15 is 0 Å². The minimum atomic E-state index is -1.27. The Labute approximate surface area is 146 Å². The third-order valence-electron chi connectivity index (χ3n) is 2.65. The van der Waals surface area contributed by atoms with Crippen LogP contribution in [0.15, 0.2) is 0 Å². The zero-order chi connectivity index (χ0) is 18.2. The van der Waals surface area contributed by atoms with Crippen LogP contribution in [0.1, 0.15) is 26.7 Å². The van der Waals surface area contributed by atoms with Crippen molar-refractivity contribution < 1.29 is 30.8 Å². The molecule has 0 fully saturated rings. The molecule has 0 radical (unpaired) electrons. The Morgan fingerprint density at radius 3 is 2.26 bits per heavy atom. The summed E-state index contributed by atoms with van der Waals surface area (Å²) >= 11 is 4.21. The number of thiol groups is 1. The molecular formula is C12H22ClN3O6S. The van der Waals surface area contributed by atoms with Crippen LogP contribution in [0.3, 0.4) is 0 Å². The van der Waals surface area contributed by atoms with Crippen LogP contribution in [0.25, 0.3) is 0 Å². The number of rotatable bonds is 10. The van der Waals surface area contributed by atoms with Gasteiger partial charge in [-0.25, -0.2) is 0 Å². The summed E-state index contributed by atoms with van der Waals surface area (Å²) in [7, 11) is 0. The molecule has 0 aromatic heterocycles. The summed E-state index contributed by atoms with van der Waals surface area (Å²) in [4.78, 5) is 45.0. The predicted octanol–water partition coefficient (Wildman–Crippen LogP) is -1.01. The van der Waals surface area contributed by atoms with Gasteiger partial charge in [-0.2, -0.15) is 12.6 Å². The van der Waals surface area contributed by atoms with Crippen molar-refractivity contribution in [1.82, 2.24) is 10.6 Å². The molecule has 6 N–H and O–H groups in total. The fourth-order valence-corrected chi connectivity index (χ4v) is 1.64. The van der Waals surface area contributed by atoms with Crippen LogP contribution in [0, 0.1) is 0 Å². The molecule has 0 aliphatic carbocycles. The highest BCUT2D eigenvalue weighted by molar-refractivity contribution is 7.81. The number of nitrogens with two attached hydrogens (primary N) is 1. The summed E-state index contributed by atoms with van der Waals surface area (Å²) in [6.45, 7) is 2.53. The number of carbonyl (C=O) groups excluding carboxylic acids is 2. The van der Waals surface area contributed by atoms with Gasteiger partial charge < -0.3 is 26.6 Å². The number of amides is 2. The first kappa shape index (κ1) is 21.5. The third-order valence-corrected chi connectivity index (χ3v) is 2.90. The van der Waals surface area contributed by atoms with E-state index in [9.17, 15) is 19.2 Å². The van der Waals surface area contributed by atoms with Gasteiger partial charge in [0.25, 0.3) is 0 Å². The first-order valence-corrected chi connectivity index (χ1v) is 6.85. The Hall–Kier alpha value is -1.52. The van der Waals surface area contributed by atoms with E-state index in [-0.39, 0.29) is 25.2 Å². The quantitative estimate of drug-likeness (QED) is 0.268. The van der Waals surface area contributed by atoms with Crippen LogP contribution in [0.2, 0.25) is 1.41 Å². The van der Waals surface area contributed by atoms with E-state index in [4.69, 9.17) is 11.6 Å². The summed E-state index contributed by atoms with van der Waals surface area (Å²) < 4.78 is 5.87. The topological polar surface area (TPSA) is 159 Å². The molecule has 0 unspecified atom stereocenters. The molecule has 2 atom stereocenters. The number of hydrogen-bond acceptors (Lipinski definition) is 6. The molecule has 0 bridgehead atoms. The second kappa shape index (κ2) is 10.3. The van der Waals surface area contributed by atoms with E-state index in [0.717, 1.165) is 0 Å². The van der Waals surface area contributed by atoms with Crippen LogP contribution in [0.5, 0.6) is 0 Å². The average molecular weight is 373 g/mol. The predicted molar refractivity (Wildman–Crippen MR) is 87.7 cm³/mol. The summed E-state index contributed by atoms with van der Waals surface area (Å²) in [5, 5.41) is 21.9. The molecule has 0 aromatic rings. The largest absolute Gasteiger partial charge is 0.480 e. The van der Waals surface area contributed by atoms with E-state index in [0.29, 0.717) is 0 Å². The summed E-state index contributed by atoms with van der Waals surface area (Å²) in [6.07, 6.45) is -0.365. The van der Waals surface area contributed by atoms with Crippen molar-refractivity contribution in [2.75, 3.05) is 6.54 Å². The minimum Gasteiger partial charge on any atom is -0.480 e. The van der Waals surface area contributed by atoms with Crippen molar-refractivity contribution in [2.45, 2.75) is 43.5 Å². The number of halogens is 1. The lowest BCUT2D eigenvalue weighted by Crippen LogP contribution is -2.56. The van der Waals surface area contributed by atoms with Crippen LogP contribution in [0.4, 0.5) is 0 Å². The minimum absolute atomic E-state index is 0. The summed E-state index contributed by atoms with van der Waals surface area (Å²) in [5.74, 6) is -3.82. The highest BCUT2D eigenvalue weighted by atomic mass is 35.5. The number of nitrogens with one attached hydrogen (secondary N) is 2. The van der Waals surface area contributed by atoms with Crippen LogP contribution in [-0.2, 0) is 19.2 Å². The lowest BCUT2D eigenvalue weighted by atomic mass is 10.0. The van der Waals surface area contributed by atoms with Gasteiger partial charge in [-0.15, -0.1) is 12.4 Å². The highest BCUT2D eigenvalue weighted by Gasteiger charge is 2.33.